The molecule has 1 amide bonds. The minimum Gasteiger partial charge on any atom is -0.381 e. The highest BCUT2D eigenvalue weighted by molar-refractivity contribution is 9.11. The van der Waals surface area contributed by atoms with Crippen LogP contribution in [0.4, 0.5) is 0 Å². The minimum absolute atomic E-state index is 0.0812. The Bertz CT molecular complexity index is 443. The van der Waals surface area contributed by atoms with Gasteiger partial charge < -0.3 is 9.64 Å². The van der Waals surface area contributed by atoms with Crippen molar-refractivity contribution in [3.05, 3.63) is 32.7 Å². The lowest BCUT2D eigenvalue weighted by Crippen LogP contribution is -2.40. The van der Waals surface area contributed by atoms with E-state index in [1.54, 1.807) is 7.11 Å². The largest absolute Gasteiger partial charge is 0.381 e. The van der Waals surface area contributed by atoms with Gasteiger partial charge in [-0.1, -0.05) is 15.9 Å². The van der Waals surface area contributed by atoms with Crippen molar-refractivity contribution in [3.63, 3.8) is 0 Å². The van der Waals surface area contributed by atoms with Gasteiger partial charge in [-0.25, -0.2) is 0 Å². The summed E-state index contributed by atoms with van der Waals surface area (Å²) in [6, 6.07) is 5.66. The first-order chi connectivity index (χ1) is 8.61. The Kier molecular flexibility index (Phi) is 4.81. The number of rotatable bonds is 2. The highest BCUT2D eigenvalue weighted by atomic mass is 79.9. The van der Waals surface area contributed by atoms with Crippen molar-refractivity contribution in [2.45, 2.75) is 18.9 Å². The molecule has 18 heavy (non-hydrogen) atoms. The second-order valence-corrected chi connectivity index (χ2v) is 6.12. The van der Waals surface area contributed by atoms with Gasteiger partial charge in [0.05, 0.1) is 11.7 Å². The molecule has 3 nitrogen and oxygen atoms in total. The highest BCUT2D eigenvalue weighted by Crippen LogP contribution is 2.24. The molecule has 1 aromatic carbocycles. The Morgan fingerprint density at radius 3 is 2.61 bits per heavy atom. The number of amides is 1. The van der Waals surface area contributed by atoms with Crippen molar-refractivity contribution in [2.75, 3.05) is 20.2 Å². The second kappa shape index (κ2) is 6.17. The third kappa shape index (κ3) is 3.13. The van der Waals surface area contributed by atoms with E-state index >= 15 is 0 Å². The van der Waals surface area contributed by atoms with Crippen LogP contribution in [-0.2, 0) is 4.74 Å². The number of carbonyl (C=O) groups excluding carboxylic acids is 1. The molecule has 1 aliphatic rings. The molecule has 1 aromatic rings. The Balaban J connectivity index is 2.10. The van der Waals surface area contributed by atoms with Crippen molar-refractivity contribution in [3.8, 4) is 0 Å². The Hall–Kier alpha value is -0.390. The maximum atomic E-state index is 12.4. The molecule has 0 aliphatic carbocycles. The Morgan fingerprint density at radius 1 is 1.33 bits per heavy atom. The Labute approximate surface area is 124 Å². The lowest BCUT2D eigenvalue weighted by atomic mass is 10.1. The van der Waals surface area contributed by atoms with E-state index in [9.17, 15) is 4.79 Å². The average molecular weight is 377 g/mol. The molecule has 98 valence electrons. The minimum atomic E-state index is 0.0812. The van der Waals surface area contributed by atoms with Crippen LogP contribution in [0, 0.1) is 0 Å². The summed E-state index contributed by atoms with van der Waals surface area (Å²) in [6.07, 6.45) is 2.11. The number of halogens is 2. The fraction of sp³-hybridized carbons (Fsp3) is 0.462. The SMILES string of the molecule is COC1CCN(C(=O)c2cc(Br)ccc2Br)CC1. The molecular weight excluding hydrogens is 362 g/mol. The highest BCUT2D eigenvalue weighted by Gasteiger charge is 2.24. The molecular formula is C13H15Br2NO2. The summed E-state index contributed by atoms with van der Waals surface area (Å²) in [5, 5.41) is 0. The quantitative estimate of drug-likeness (QED) is 0.790. The number of benzene rings is 1. The predicted octanol–water partition coefficient (Wildman–Crippen LogP) is 3.46. The molecule has 5 heteroatoms. The van der Waals surface area contributed by atoms with Crippen molar-refractivity contribution in [1.82, 2.24) is 4.90 Å². The van der Waals surface area contributed by atoms with Gasteiger partial charge in [0.15, 0.2) is 0 Å². The molecule has 2 rings (SSSR count). The predicted molar refractivity (Wildman–Crippen MR) is 77.8 cm³/mol. The van der Waals surface area contributed by atoms with Crippen LogP contribution in [0.5, 0.6) is 0 Å². The average Bonchev–Trinajstić information content (AvgIpc) is 2.41. The molecule has 0 atom stereocenters. The number of methoxy groups -OCH3 is 1. The van der Waals surface area contributed by atoms with E-state index < -0.39 is 0 Å². The van der Waals surface area contributed by atoms with Crippen LogP contribution in [0.1, 0.15) is 23.2 Å². The van der Waals surface area contributed by atoms with Crippen LogP contribution in [-0.4, -0.2) is 37.1 Å². The first kappa shape index (κ1) is 14.0. The van der Waals surface area contributed by atoms with Gasteiger partial charge in [-0.05, 0) is 47.0 Å². The van der Waals surface area contributed by atoms with Crippen molar-refractivity contribution in [1.29, 1.82) is 0 Å². The van der Waals surface area contributed by atoms with Crippen LogP contribution in [0.2, 0.25) is 0 Å². The number of likely N-dealkylation sites (tertiary alicyclic amines) is 1. The normalized spacial score (nSPS) is 16.9. The molecule has 0 saturated carbocycles. The third-order valence-corrected chi connectivity index (χ3v) is 4.41. The smallest absolute Gasteiger partial charge is 0.255 e. The lowest BCUT2D eigenvalue weighted by Gasteiger charge is -2.31. The summed E-state index contributed by atoms with van der Waals surface area (Å²) >= 11 is 6.83. The topological polar surface area (TPSA) is 29.5 Å². The molecule has 1 saturated heterocycles. The van der Waals surface area contributed by atoms with Gasteiger partial charge in [0.2, 0.25) is 0 Å². The summed E-state index contributed by atoms with van der Waals surface area (Å²) in [6.45, 7) is 1.52. The monoisotopic (exact) mass is 375 g/mol. The van der Waals surface area contributed by atoms with Gasteiger partial charge in [-0.3, -0.25) is 4.79 Å². The molecule has 0 radical (unpaired) electrons. The van der Waals surface area contributed by atoms with Crippen LogP contribution in [0.25, 0.3) is 0 Å². The second-order valence-electron chi connectivity index (χ2n) is 4.35. The zero-order valence-electron chi connectivity index (χ0n) is 10.2. The van der Waals surface area contributed by atoms with Crippen LogP contribution in [0.3, 0.4) is 0 Å². The number of nitrogens with zero attached hydrogens (tertiary/aromatic N) is 1. The van der Waals surface area contributed by atoms with Gasteiger partial charge in [0.1, 0.15) is 0 Å². The fourth-order valence-electron chi connectivity index (χ4n) is 2.13. The number of hydrogen-bond acceptors (Lipinski definition) is 2. The van der Waals surface area contributed by atoms with E-state index in [1.807, 2.05) is 23.1 Å². The molecule has 0 unspecified atom stereocenters. The molecule has 1 heterocycles. The van der Waals surface area contributed by atoms with Crippen LogP contribution >= 0.6 is 31.9 Å². The maximum absolute atomic E-state index is 12.4. The van der Waals surface area contributed by atoms with Gasteiger partial charge >= 0.3 is 0 Å². The zero-order chi connectivity index (χ0) is 13.1. The van der Waals surface area contributed by atoms with Gasteiger partial charge in [0, 0.05) is 29.1 Å². The standard InChI is InChI=1S/C13H15Br2NO2/c1-18-10-4-6-16(7-5-10)13(17)11-8-9(14)2-3-12(11)15/h2-3,8,10H,4-7H2,1H3. The molecule has 1 aliphatic heterocycles. The third-order valence-electron chi connectivity index (χ3n) is 3.22. The van der Waals surface area contributed by atoms with Crippen molar-refractivity contribution in [2.24, 2.45) is 0 Å². The molecule has 0 spiro atoms. The summed E-state index contributed by atoms with van der Waals surface area (Å²) in [4.78, 5) is 14.3. The first-order valence-corrected chi connectivity index (χ1v) is 7.47. The summed E-state index contributed by atoms with van der Waals surface area (Å²) in [7, 11) is 1.73. The summed E-state index contributed by atoms with van der Waals surface area (Å²) in [5.41, 5.74) is 0.709. The molecule has 0 aromatic heterocycles. The first-order valence-electron chi connectivity index (χ1n) is 5.89. The van der Waals surface area contributed by atoms with E-state index in [4.69, 9.17) is 4.74 Å². The molecule has 0 N–H and O–H groups in total. The number of ether oxygens (including phenoxy) is 1. The van der Waals surface area contributed by atoms with Crippen molar-refractivity contribution >= 4 is 37.8 Å². The van der Waals surface area contributed by atoms with Gasteiger partial charge in [-0.2, -0.15) is 0 Å². The van der Waals surface area contributed by atoms with E-state index in [1.165, 1.54) is 0 Å². The Morgan fingerprint density at radius 2 is 2.00 bits per heavy atom. The van der Waals surface area contributed by atoms with E-state index in [0.717, 1.165) is 34.9 Å². The van der Waals surface area contributed by atoms with E-state index in [-0.39, 0.29) is 5.91 Å². The number of carbonyl (C=O) groups is 1. The van der Waals surface area contributed by atoms with Crippen LogP contribution < -0.4 is 0 Å². The summed E-state index contributed by atoms with van der Waals surface area (Å²) < 4.78 is 7.07. The molecule has 0 bridgehead atoms. The zero-order valence-corrected chi connectivity index (χ0v) is 13.3. The summed E-state index contributed by atoms with van der Waals surface area (Å²) in [5.74, 6) is 0.0812. The molecule has 1 fully saturated rings. The van der Waals surface area contributed by atoms with Gasteiger partial charge in [0.25, 0.3) is 5.91 Å². The number of piperidine rings is 1. The van der Waals surface area contributed by atoms with E-state index in [2.05, 4.69) is 31.9 Å². The fourth-order valence-corrected chi connectivity index (χ4v) is 2.90. The number of hydrogen-bond donors (Lipinski definition) is 0. The van der Waals surface area contributed by atoms with E-state index in [0.29, 0.717) is 11.7 Å². The van der Waals surface area contributed by atoms with Crippen LogP contribution in [0.15, 0.2) is 27.1 Å². The van der Waals surface area contributed by atoms with Crippen molar-refractivity contribution < 1.29 is 9.53 Å². The van der Waals surface area contributed by atoms with Gasteiger partial charge in [-0.15, -0.1) is 0 Å². The lowest BCUT2D eigenvalue weighted by molar-refractivity contribution is 0.0350. The maximum Gasteiger partial charge on any atom is 0.255 e.